The van der Waals surface area contributed by atoms with Crippen molar-refractivity contribution in [2.24, 2.45) is 0 Å². The van der Waals surface area contributed by atoms with Crippen molar-refractivity contribution in [1.82, 2.24) is 19.9 Å². The fourth-order valence-electron chi connectivity index (χ4n) is 3.17. The van der Waals surface area contributed by atoms with Crippen LogP contribution in [0.15, 0.2) is 36.7 Å². The number of rotatable bonds is 4. The van der Waals surface area contributed by atoms with Gasteiger partial charge in [0.25, 0.3) is 0 Å². The van der Waals surface area contributed by atoms with Crippen molar-refractivity contribution in [3.05, 3.63) is 42.5 Å². The molecule has 1 atom stereocenters. The zero-order valence-electron chi connectivity index (χ0n) is 13.1. The predicted molar refractivity (Wildman–Crippen MR) is 87.5 cm³/mol. The average Bonchev–Trinajstić information content (AvgIpc) is 2.55. The van der Waals surface area contributed by atoms with Crippen LogP contribution in [0, 0.1) is 0 Å². The van der Waals surface area contributed by atoms with E-state index in [0.717, 1.165) is 30.6 Å². The van der Waals surface area contributed by atoms with Gasteiger partial charge in [-0.25, -0.2) is 15.0 Å². The quantitative estimate of drug-likeness (QED) is 0.936. The highest BCUT2D eigenvalue weighted by Crippen LogP contribution is 2.33. The Bertz CT molecular complexity index is 646. The fraction of sp³-hybridized carbons (Fsp3) is 0.471. The van der Waals surface area contributed by atoms with Crippen LogP contribution in [0.5, 0.6) is 0 Å². The first-order chi connectivity index (χ1) is 11.4. The van der Waals surface area contributed by atoms with Crippen LogP contribution in [0.2, 0.25) is 0 Å². The van der Waals surface area contributed by atoms with E-state index < -0.39 is 0 Å². The summed E-state index contributed by atoms with van der Waals surface area (Å²) in [6, 6.07) is 8.46. The van der Waals surface area contributed by atoms with Gasteiger partial charge in [-0.05, 0) is 31.0 Å². The van der Waals surface area contributed by atoms with E-state index in [9.17, 15) is 0 Å². The van der Waals surface area contributed by atoms with E-state index in [0.29, 0.717) is 12.6 Å². The molecule has 2 aliphatic rings. The molecule has 0 amide bonds. The summed E-state index contributed by atoms with van der Waals surface area (Å²) in [6.07, 6.45) is 7.46. The highest BCUT2D eigenvalue weighted by atomic mass is 16.5. The monoisotopic (exact) mass is 311 g/mol. The molecule has 2 fully saturated rings. The van der Waals surface area contributed by atoms with Gasteiger partial charge in [0, 0.05) is 25.0 Å². The van der Waals surface area contributed by atoms with Gasteiger partial charge in [-0.1, -0.05) is 12.5 Å². The number of nitrogens with zero attached hydrogens (tertiary/aromatic N) is 4. The van der Waals surface area contributed by atoms with Gasteiger partial charge in [0.1, 0.15) is 17.5 Å². The van der Waals surface area contributed by atoms with Crippen molar-refractivity contribution in [3.8, 4) is 0 Å². The van der Waals surface area contributed by atoms with Crippen molar-refractivity contribution in [3.63, 3.8) is 0 Å². The topological polar surface area (TPSA) is 63.2 Å². The van der Waals surface area contributed by atoms with Crippen LogP contribution in [0.25, 0.3) is 0 Å². The van der Waals surface area contributed by atoms with E-state index in [1.165, 1.54) is 19.3 Å². The molecule has 4 rings (SSSR count). The summed E-state index contributed by atoms with van der Waals surface area (Å²) in [5.41, 5.74) is 0. The van der Waals surface area contributed by atoms with Crippen LogP contribution in [-0.4, -0.2) is 45.7 Å². The molecule has 6 heteroatoms. The Balaban J connectivity index is 1.54. The molecule has 0 spiro atoms. The first-order valence-electron chi connectivity index (χ1n) is 8.24. The fourth-order valence-corrected chi connectivity index (χ4v) is 3.17. The Kier molecular flexibility index (Phi) is 4.17. The van der Waals surface area contributed by atoms with Gasteiger partial charge in [-0.15, -0.1) is 0 Å². The molecular weight excluding hydrogens is 290 g/mol. The number of aromatic nitrogens is 3. The molecule has 0 radical (unpaired) electrons. The van der Waals surface area contributed by atoms with E-state index >= 15 is 0 Å². The van der Waals surface area contributed by atoms with Crippen molar-refractivity contribution >= 4 is 11.6 Å². The molecule has 6 nitrogen and oxygen atoms in total. The average molecular weight is 311 g/mol. The lowest BCUT2D eigenvalue weighted by Gasteiger charge is -2.44. The third-order valence-electron chi connectivity index (χ3n) is 4.61. The Morgan fingerprint density at radius 2 is 2.04 bits per heavy atom. The Hall–Kier alpha value is -2.05. The maximum atomic E-state index is 5.69. The maximum Gasteiger partial charge on any atom is 0.150 e. The lowest BCUT2D eigenvalue weighted by atomic mass is 9.90. The third-order valence-corrected chi connectivity index (χ3v) is 4.61. The van der Waals surface area contributed by atoms with Gasteiger partial charge in [0.05, 0.1) is 19.3 Å². The van der Waals surface area contributed by atoms with Crippen LogP contribution in [0.3, 0.4) is 0 Å². The lowest BCUT2D eigenvalue weighted by molar-refractivity contribution is -0.0496. The first kappa shape index (κ1) is 14.5. The highest BCUT2D eigenvalue weighted by Gasteiger charge is 2.35. The van der Waals surface area contributed by atoms with Gasteiger partial charge in [-0.2, -0.15) is 0 Å². The molecule has 0 bridgehead atoms. The molecule has 23 heavy (non-hydrogen) atoms. The third kappa shape index (κ3) is 3.18. The standard InChI is InChI=1S/C17H21N5O/c1-2-8-18-15(6-1)20-16-7-9-19-17(21-16)14-12-23-11-10-22(14)13-4-3-5-13/h1-2,6-9,13-14H,3-5,10-12H2,(H,18,19,20,21)/t14-/m1/s1. The van der Waals surface area contributed by atoms with Crippen LogP contribution in [0.1, 0.15) is 31.1 Å². The van der Waals surface area contributed by atoms with Crippen molar-refractivity contribution in [2.45, 2.75) is 31.3 Å². The predicted octanol–water partition coefficient (Wildman–Crippen LogP) is 2.54. The van der Waals surface area contributed by atoms with E-state index in [-0.39, 0.29) is 6.04 Å². The molecule has 1 N–H and O–H groups in total. The van der Waals surface area contributed by atoms with Crippen LogP contribution < -0.4 is 5.32 Å². The summed E-state index contributed by atoms with van der Waals surface area (Å²) in [7, 11) is 0. The SMILES string of the molecule is c1ccc(Nc2ccnc([C@H]3COCCN3C3CCC3)n2)nc1. The zero-order valence-corrected chi connectivity index (χ0v) is 13.1. The Morgan fingerprint density at radius 3 is 2.83 bits per heavy atom. The Morgan fingerprint density at radius 1 is 1.09 bits per heavy atom. The van der Waals surface area contributed by atoms with Gasteiger partial charge in [0.15, 0.2) is 0 Å². The minimum atomic E-state index is 0.152. The minimum Gasteiger partial charge on any atom is -0.378 e. The molecule has 1 aliphatic heterocycles. The molecule has 0 unspecified atom stereocenters. The lowest BCUT2D eigenvalue weighted by Crippen LogP contribution is -2.49. The molecule has 2 aromatic heterocycles. The highest BCUT2D eigenvalue weighted by molar-refractivity contribution is 5.50. The molecular formula is C17H21N5O. The largest absolute Gasteiger partial charge is 0.378 e. The first-order valence-corrected chi connectivity index (χ1v) is 8.24. The number of anilines is 2. The normalized spacial score (nSPS) is 22.5. The minimum absolute atomic E-state index is 0.152. The summed E-state index contributed by atoms with van der Waals surface area (Å²) >= 11 is 0. The van der Waals surface area contributed by atoms with E-state index in [1.807, 2.05) is 24.3 Å². The van der Waals surface area contributed by atoms with Gasteiger partial charge in [-0.3, -0.25) is 4.90 Å². The number of pyridine rings is 1. The van der Waals surface area contributed by atoms with Crippen LogP contribution in [-0.2, 0) is 4.74 Å². The second-order valence-electron chi connectivity index (χ2n) is 6.05. The number of hydrogen-bond acceptors (Lipinski definition) is 6. The number of nitrogens with one attached hydrogen (secondary N) is 1. The van der Waals surface area contributed by atoms with Crippen molar-refractivity contribution in [2.75, 3.05) is 25.1 Å². The molecule has 2 aromatic rings. The van der Waals surface area contributed by atoms with E-state index in [4.69, 9.17) is 9.72 Å². The summed E-state index contributed by atoms with van der Waals surface area (Å²) in [4.78, 5) is 16.0. The Labute approximate surface area is 135 Å². The van der Waals surface area contributed by atoms with Crippen molar-refractivity contribution in [1.29, 1.82) is 0 Å². The summed E-state index contributed by atoms with van der Waals surface area (Å²) in [5.74, 6) is 2.39. The van der Waals surface area contributed by atoms with Crippen LogP contribution in [0.4, 0.5) is 11.6 Å². The molecule has 120 valence electrons. The molecule has 1 saturated heterocycles. The maximum absolute atomic E-state index is 5.69. The molecule has 1 aliphatic carbocycles. The van der Waals surface area contributed by atoms with Gasteiger partial charge < -0.3 is 10.1 Å². The number of ether oxygens (including phenoxy) is 1. The van der Waals surface area contributed by atoms with Crippen molar-refractivity contribution < 1.29 is 4.74 Å². The summed E-state index contributed by atoms with van der Waals surface area (Å²) in [5, 5.41) is 3.23. The van der Waals surface area contributed by atoms with E-state index in [1.54, 1.807) is 12.4 Å². The summed E-state index contributed by atoms with van der Waals surface area (Å²) in [6.45, 7) is 2.44. The van der Waals surface area contributed by atoms with Gasteiger partial charge in [0.2, 0.25) is 0 Å². The molecule has 1 saturated carbocycles. The number of morpholine rings is 1. The number of hydrogen-bond donors (Lipinski definition) is 1. The molecule has 3 heterocycles. The van der Waals surface area contributed by atoms with E-state index in [2.05, 4.69) is 20.2 Å². The van der Waals surface area contributed by atoms with Gasteiger partial charge >= 0.3 is 0 Å². The second-order valence-corrected chi connectivity index (χ2v) is 6.05. The zero-order chi connectivity index (χ0) is 15.5. The molecule has 0 aromatic carbocycles. The van der Waals surface area contributed by atoms with Crippen LogP contribution >= 0.6 is 0 Å². The second kappa shape index (κ2) is 6.60. The summed E-state index contributed by atoms with van der Waals surface area (Å²) < 4.78 is 5.69. The smallest absolute Gasteiger partial charge is 0.150 e.